The molecule has 9 nitrogen and oxygen atoms in total. The Kier molecular flexibility index (Phi) is 5.85. The van der Waals surface area contributed by atoms with Gasteiger partial charge in [-0.3, -0.25) is 24.5 Å². The number of imide groups is 1. The highest BCUT2D eigenvalue weighted by Crippen LogP contribution is 2.23. The largest absolute Gasteiger partial charge is 0.480 e. The smallest absolute Gasteiger partial charge is 0.323 e. The van der Waals surface area contributed by atoms with Gasteiger partial charge in [0.05, 0.1) is 11.1 Å². The summed E-state index contributed by atoms with van der Waals surface area (Å²) in [6.07, 6.45) is 0.393. The first kappa shape index (κ1) is 20.4. The van der Waals surface area contributed by atoms with E-state index >= 15 is 0 Å². The number of aliphatic carboxylic acids is 1. The molecule has 3 amide bonds. The summed E-state index contributed by atoms with van der Waals surface area (Å²) in [7, 11) is 0. The molecular weight excluding hydrogens is 376 g/mol. The normalized spacial score (nSPS) is 16.6. The molecule has 0 aliphatic carbocycles. The average molecular weight is 395 g/mol. The molecule has 1 aromatic heterocycles. The number of fused-ring (bicyclic) bond motifs is 1. The number of carboxylic acids is 1. The molecule has 1 aliphatic heterocycles. The van der Waals surface area contributed by atoms with Crippen LogP contribution in [0.25, 0.3) is 11.0 Å². The van der Waals surface area contributed by atoms with E-state index in [1.54, 1.807) is 26.0 Å². The third kappa shape index (κ3) is 4.08. The lowest BCUT2D eigenvalue weighted by atomic mass is 10.0. The number of rotatable bonds is 4. The lowest BCUT2D eigenvalue weighted by Gasteiger charge is -2.22. The van der Waals surface area contributed by atoms with Crippen molar-refractivity contribution >= 4 is 47.1 Å². The molecule has 1 saturated heterocycles. The topological polar surface area (TPSA) is 130 Å². The molecule has 1 unspecified atom stereocenters. The number of piperidine rings is 1. The molecule has 144 valence electrons. The van der Waals surface area contributed by atoms with Crippen LogP contribution in [0.5, 0.6) is 0 Å². The minimum absolute atomic E-state index is 0. The Morgan fingerprint density at radius 1 is 1.33 bits per heavy atom. The fourth-order valence-electron chi connectivity index (χ4n) is 3.05. The molecule has 0 bridgehead atoms. The van der Waals surface area contributed by atoms with Crippen molar-refractivity contribution in [2.75, 3.05) is 0 Å². The second-order valence-electron chi connectivity index (χ2n) is 6.30. The zero-order valence-corrected chi connectivity index (χ0v) is 15.6. The molecule has 1 aliphatic rings. The fourth-order valence-corrected chi connectivity index (χ4v) is 3.05. The van der Waals surface area contributed by atoms with E-state index in [0.717, 1.165) is 5.56 Å². The van der Waals surface area contributed by atoms with Crippen LogP contribution >= 0.6 is 12.4 Å². The standard InChI is InChI=1S/C17H18N4O5.ClH/c1-8-5-10(16(25)19-11-3-4-13(22)20-17(11)26)15-12(6-8)21(7-14(23)24)9(2)18-15;/h5-6,11H,3-4,7H2,1-2H3,(H,19,25)(H,23,24)(H,20,22,26);1H. The highest BCUT2D eigenvalue weighted by molar-refractivity contribution is 6.08. The fraction of sp³-hybridized carbons (Fsp3) is 0.353. The maximum absolute atomic E-state index is 12.7. The molecular formula is C17H19ClN4O5. The summed E-state index contributed by atoms with van der Waals surface area (Å²) in [5.74, 6) is -1.92. The number of hydrogen-bond donors (Lipinski definition) is 3. The molecule has 3 N–H and O–H groups in total. The number of amides is 3. The summed E-state index contributed by atoms with van der Waals surface area (Å²) in [6.45, 7) is 3.19. The minimum Gasteiger partial charge on any atom is -0.480 e. The molecule has 2 aromatic rings. The molecule has 0 radical (unpaired) electrons. The third-order valence-electron chi connectivity index (χ3n) is 4.27. The first-order chi connectivity index (χ1) is 12.3. The number of carboxylic acid groups (broad SMARTS) is 1. The summed E-state index contributed by atoms with van der Waals surface area (Å²) in [5.41, 5.74) is 1.94. The van der Waals surface area contributed by atoms with Gasteiger partial charge in [0.25, 0.3) is 5.91 Å². The van der Waals surface area contributed by atoms with Gasteiger partial charge >= 0.3 is 5.97 Å². The van der Waals surface area contributed by atoms with Gasteiger partial charge in [0.2, 0.25) is 11.8 Å². The van der Waals surface area contributed by atoms with Crippen molar-refractivity contribution in [3.8, 4) is 0 Å². The summed E-state index contributed by atoms with van der Waals surface area (Å²) in [5, 5.41) is 13.9. The highest BCUT2D eigenvalue weighted by atomic mass is 35.5. The number of nitrogens with zero attached hydrogens (tertiary/aromatic N) is 2. The van der Waals surface area contributed by atoms with E-state index in [1.807, 2.05) is 0 Å². The van der Waals surface area contributed by atoms with E-state index < -0.39 is 23.8 Å². The van der Waals surface area contributed by atoms with E-state index in [4.69, 9.17) is 5.11 Å². The Bertz CT molecular complexity index is 952. The van der Waals surface area contributed by atoms with E-state index in [2.05, 4.69) is 15.6 Å². The van der Waals surface area contributed by atoms with Crippen molar-refractivity contribution in [2.24, 2.45) is 0 Å². The van der Waals surface area contributed by atoms with Crippen LogP contribution in [0, 0.1) is 13.8 Å². The lowest BCUT2D eigenvalue weighted by Crippen LogP contribution is -2.52. The quantitative estimate of drug-likeness (QED) is 0.654. The van der Waals surface area contributed by atoms with E-state index in [-0.39, 0.29) is 43.3 Å². The van der Waals surface area contributed by atoms with Crippen LogP contribution in [0.1, 0.15) is 34.6 Å². The Morgan fingerprint density at radius 2 is 2.04 bits per heavy atom. The highest BCUT2D eigenvalue weighted by Gasteiger charge is 2.29. The second kappa shape index (κ2) is 7.75. The Morgan fingerprint density at radius 3 is 2.67 bits per heavy atom. The predicted octanol–water partition coefficient (Wildman–Crippen LogP) is 0.695. The molecule has 3 rings (SSSR count). The van der Waals surface area contributed by atoms with Crippen molar-refractivity contribution in [2.45, 2.75) is 39.3 Å². The summed E-state index contributed by atoms with van der Waals surface area (Å²) in [4.78, 5) is 51.2. The summed E-state index contributed by atoms with van der Waals surface area (Å²) < 4.78 is 1.52. The van der Waals surface area contributed by atoms with Crippen molar-refractivity contribution in [3.63, 3.8) is 0 Å². The SMILES string of the molecule is Cc1cc(C(=O)NC2CCC(=O)NC2=O)c2nc(C)n(CC(=O)O)c2c1.Cl. The van der Waals surface area contributed by atoms with Gasteiger partial charge in [-0.05, 0) is 38.0 Å². The van der Waals surface area contributed by atoms with Gasteiger partial charge in [0.1, 0.15) is 23.9 Å². The van der Waals surface area contributed by atoms with Crippen molar-refractivity contribution in [1.29, 1.82) is 0 Å². The monoisotopic (exact) mass is 394 g/mol. The zero-order chi connectivity index (χ0) is 19.0. The molecule has 2 heterocycles. The van der Waals surface area contributed by atoms with Gasteiger partial charge in [-0.2, -0.15) is 0 Å². The number of aromatic nitrogens is 2. The average Bonchev–Trinajstić information content (AvgIpc) is 2.85. The molecule has 27 heavy (non-hydrogen) atoms. The predicted molar refractivity (Wildman–Crippen MR) is 97.7 cm³/mol. The molecule has 10 heteroatoms. The van der Waals surface area contributed by atoms with Gasteiger partial charge in [0, 0.05) is 6.42 Å². The second-order valence-corrected chi connectivity index (χ2v) is 6.30. The number of halogens is 1. The van der Waals surface area contributed by atoms with Crippen molar-refractivity contribution in [1.82, 2.24) is 20.2 Å². The number of imidazole rings is 1. The van der Waals surface area contributed by atoms with Crippen LogP contribution in [0.4, 0.5) is 0 Å². The Labute approximate surface area is 160 Å². The first-order valence-corrected chi connectivity index (χ1v) is 8.10. The van der Waals surface area contributed by atoms with Gasteiger partial charge in [-0.25, -0.2) is 4.98 Å². The van der Waals surface area contributed by atoms with Crippen molar-refractivity contribution in [3.05, 3.63) is 29.1 Å². The van der Waals surface area contributed by atoms with Crippen LogP contribution in [-0.2, 0) is 20.9 Å². The van der Waals surface area contributed by atoms with Crippen LogP contribution < -0.4 is 10.6 Å². The maximum Gasteiger partial charge on any atom is 0.323 e. The van der Waals surface area contributed by atoms with Gasteiger partial charge < -0.3 is 15.0 Å². The van der Waals surface area contributed by atoms with Gasteiger partial charge in [0.15, 0.2) is 0 Å². The number of benzene rings is 1. The summed E-state index contributed by atoms with van der Waals surface area (Å²) >= 11 is 0. The molecule has 0 saturated carbocycles. The van der Waals surface area contributed by atoms with E-state index in [1.165, 1.54) is 4.57 Å². The first-order valence-electron chi connectivity index (χ1n) is 8.10. The molecule has 1 aromatic carbocycles. The Hall–Kier alpha value is -2.94. The Balaban J connectivity index is 0.00000261. The zero-order valence-electron chi connectivity index (χ0n) is 14.7. The third-order valence-corrected chi connectivity index (χ3v) is 4.27. The number of aryl methyl sites for hydroxylation is 2. The number of hydrogen-bond acceptors (Lipinski definition) is 5. The number of carbonyl (C=O) groups is 4. The van der Waals surface area contributed by atoms with Crippen LogP contribution in [-0.4, -0.2) is 44.4 Å². The molecule has 1 fully saturated rings. The molecule has 0 spiro atoms. The number of carbonyl (C=O) groups excluding carboxylic acids is 3. The maximum atomic E-state index is 12.7. The minimum atomic E-state index is -1.01. The lowest BCUT2D eigenvalue weighted by molar-refractivity contribution is -0.138. The number of nitrogens with one attached hydrogen (secondary N) is 2. The van der Waals surface area contributed by atoms with E-state index in [9.17, 15) is 19.2 Å². The van der Waals surface area contributed by atoms with Crippen LogP contribution in [0.2, 0.25) is 0 Å². The summed E-state index contributed by atoms with van der Waals surface area (Å²) in [6, 6.07) is 2.61. The van der Waals surface area contributed by atoms with E-state index in [0.29, 0.717) is 16.9 Å². The van der Waals surface area contributed by atoms with Gasteiger partial charge in [-0.15, -0.1) is 12.4 Å². The van der Waals surface area contributed by atoms with Crippen molar-refractivity contribution < 1.29 is 24.3 Å². The molecule has 1 atom stereocenters. The van der Waals surface area contributed by atoms with Gasteiger partial charge in [-0.1, -0.05) is 0 Å². The van der Waals surface area contributed by atoms with Crippen LogP contribution in [0.3, 0.4) is 0 Å². The van der Waals surface area contributed by atoms with Crippen LogP contribution in [0.15, 0.2) is 12.1 Å².